The predicted octanol–water partition coefficient (Wildman–Crippen LogP) is 1.48. The number of rotatable bonds is 2. The maximum atomic E-state index is 12.5. The van der Waals surface area contributed by atoms with Crippen LogP contribution in [0.25, 0.3) is 6.08 Å². The number of amides is 2. The van der Waals surface area contributed by atoms with E-state index in [0.29, 0.717) is 0 Å². The molecule has 23 heavy (non-hydrogen) atoms. The topological polar surface area (TPSA) is 53.5 Å². The number of hydrogen-bond acceptors (Lipinski definition) is 4. The van der Waals surface area contributed by atoms with E-state index < -0.39 is 0 Å². The third-order valence-corrected chi connectivity index (χ3v) is 5.50. The number of carbonyl (C=O) groups excluding carboxylic acids is 2. The van der Waals surface area contributed by atoms with Crippen LogP contribution in [0.2, 0.25) is 0 Å². The summed E-state index contributed by atoms with van der Waals surface area (Å²) in [5.41, 5.74) is 1.87. The highest BCUT2D eigenvalue weighted by Crippen LogP contribution is 2.46. The highest BCUT2D eigenvalue weighted by Gasteiger charge is 2.61. The Balaban J connectivity index is 1.67. The summed E-state index contributed by atoms with van der Waals surface area (Å²) in [6.07, 6.45) is 6.19. The standard InChI is InChI=1S/C18H21N3O2/c1-11-5-3-6-12(19-11)8-9-14-16-15(13-7-4-10-21(13)14)17(22)20(2)18(16)23/h3,5-6,8-9,13-16H,4,7,10H2,1-2H3/b9-8+. The number of hydrogen-bond donors (Lipinski definition) is 0. The molecule has 120 valence electrons. The zero-order valence-corrected chi connectivity index (χ0v) is 13.5. The summed E-state index contributed by atoms with van der Waals surface area (Å²) >= 11 is 0. The van der Waals surface area contributed by atoms with Crippen LogP contribution in [0, 0.1) is 18.8 Å². The van der Waals surface area contributed by atoms with Gasteiger partial charge in [0.05, 0.1) is 17.5 Å². The van der Waals surface area contributed by atoms with Crippen LogP contribution in [0.1, 0.15) is 24.2 Å². The molecule has 4 rings (SSSR count). The van der Waals surface area contributed by atoms with Gasteiger partial charge in [0.1, 0.15) is 0 Å². The molecule has 5 nitrogen and oxygen atoms in total. The second-order valence-corrected chi connectivity index (χ2v) is 6.79. The van der Waals surface area contributed by atoms with Gasteiger partial charge in [-0.25, -0.2) is 0 Å². The number of imide groups is 1. The van der Waals surface area contributed by atoms with Gasteiger partial charge in [0.25, 0.3) is 0 Å². The van der Waals surface area contributed by atoms with Crippen LogP contribution in [0.15, 0.2) is 24.3 Å². The Morgan fingerprint density at radius 2 is 2.00 bits per heavy atom. The molecule has 0 saturated carbocycles. The highest BCUT2D eigenvalue weighted by atomic mass is 16.2. The van der Waals surface area contributed by atoms with E-state index in [1.54, 1.807) is 7.05 Å². The molecule has 0 radical (unpaired) electrons. The van der Waals surface area contributed by atoms with Crippen molar-refractivity contribution < 1.29 is 9.59 Å². The van der Waals surface area contributed by atoms with Crippen molar-refractivity contribution in [1.82, 2.24) is 14.8 Å². The summed E-state index contributed by atoms with van der Waals surface area (Å²) in [4.78, 5) is 33.1. The summed E-state index contributed by atoms with van der Waals surface area (Å²) in [5.74, 6) is -0.406. The first kappa shape index (κ1) is 14.6. The molecule has 0 aromatic carbocycles. The van der Waals surface area contributed by atoms with Crippen LogP contribution in [0.5, 0.6) is 0 Å². The van der Waals surface area contributed by atoms with E-state index in [0.717, 1.165) is 30.8 Å². The number of fused-ring (bicyclic) bond motifs is 3. The Labute approximate surface area is 136 Å². The Kier molecular flexibility index (Phi) is 3.34. The lowest BCUT2D eigenvalue weighted by molar-refractivity contribution is -0.139. The minimum atomic E-state index is -0.223. The zero-order valence-electron chi connectivity index (χ0n) is 13.5. The van der Waals surface area contributed by atoms with E-state index in [9.17, 15) is 9.59 Å². The van der Waals surface area contributed by atoms with Gasteiger partial charge in [-0.2, -0.15) is 0 Å². The number of aromatic nitrogens is 1. The quantitative estimate of drug-likeness (QED) is 0.776. The largest absolute Gasteiger partial charge is 0.292 e. The fourth-order valence-corrected chi connectivity index (χ4v) is 4.49. The van der Waals surface area contributed by atoms with E-state index in [2.05, 4.69) is 16.0 Å². The van der Waals surface area contributed by atoms with E-state index in [4.69, 9.17) is 0 Å². The van der Waals surface area contributed by atoms with E-state index >= 15 is 0 Å². The number of nitrogens with zero attached hydrogens (tertiary/aromatic N) is 3. The number of carbonyl (C=O) groups is 2. The predicted molar refractivity (Wildman–Crippen MR) is 86.3 cm³/mol. The first-order chi connectivity index (χ1) is 11.1. The summed E-state index contributed by atoms with van der Waals surface area (Å²) in [5, 5.41) is 0. The van der Waals surface area contributed by atoms with Crippen molar-refractivity contribution in [2.45, 2.75) is 31.8 Å². The van der Waals surface area contributed by atoms with Gasteiger partial charge in [-0.3, -0.25) is 24.4 Å². The molecule has 5 heteroatoms. The maximum Gasteiger partial charge on any atom is 0.234 e. The zero-order chi connectivity index (χ0) is 16.1. The summed E-state index contributed by atoms with van der Waals surface area (Å²) in [6, 6.07) is 6.15. The maximum absolute atomic E-state index is 12.5. The van der Waals surface area contributed by atoms with Gasteiger partial charge in [0.2, 0.25) is 11.8 Å². The average Bonchev–Trinajstić information content (AvgIpc) is 3.16. The van der Waals surface area contributed by atoms with Gasteiger partial charge in [0.15, 0.2) is 0 Å². The van der Waals surface area contributed by atoms with Crippen LogP contribution < -0.4 is 0 Å². The van der Waals surface area contributed by atoms with E-state index in [-0.39, 0.29) is 35.7 Å². The molecular weight excluding hydrogens is 290 g/mol. The molecule has 0 N–H and O–H groups in total. The van der Waals surface area contributed by atoms with Gasteiger partial charge < -0.3 is 0 Å². The van der Waals surface area contributed by atoms with Crippen molar-refractivity contribution in [1.29, 1.82) is 0 Å². The van der Waals surface area contributed by atoms with Crippen molar-refractivity contribution in [2.24, 2.45) is 11.8 Å². The van der Waals surface area contributed by atoms with Gasteiger partial charge in [0, 0.05) is 24.8 Å². The Morgan fingerprint density at radius 3 is 2.78 bits per heavy atom. The second kappa shape index (κ2) is 5.27. The lowest BCUT2D eigenvalue weighted by Crippen LogP contribution is -2.39. The summed E-state index contributed by atoms with van der Waals surface area (Å²) in [7, 11) is 1.62. The molecule has 0 spiro atoms. The fourth-order valence-electron chi connectivity index (χ4n) is 4.49. The van der Waals surface area contributed by atoms with Crippen LogP contribution in [-0.2, 0) is 9.59 Å². The average molecular weight is 311 g/mol. The van der Waals surface area contributed by atoms with Crippen molar-refractivity contribution in [3.63, 3.8) is 0 Å². The lowest BCUT2D eigenvalue weighted by Gasteiger charge is -2.25. The molecule has 3 saturated heterocycles. The molecule has 4 heterocycles. The number of pyridine rings is 1. The van der Waals surface area contributed by atoms with E-state index in [1.807, 2.05) is 31.2 Å². The second-order valence-electron chi connectivity index (χ2n) is 6.79. The van der Waals surface area contributed by atoms with Crippen LogP contribution >= 0.6 is 0 Å². The molecule has 0 bridgehead atoms. The molecule has 3 aliphatic heterocycles. The fraction of sp³-hybridized carbons (Fsp3) is 0.500. The van der Waals surface area contributed by atoms with Gasteiger partial charge in [-0.15, -0.1) is 0 Å². The number of likely N-dealkylation sites (tertiary alicyclic amines) is 1. The molecule has 3 aliphatic rings. The van der Waals surface area contributed by atoms with Gasteiger partial charge >= 0.3 is 0 Å². The molecule has 1 aromatic rings. The Morgan fingerprint density at radius 1 is 1.22 bits per heavy atom. The van der Waals surface area contributed by atoms with Crippen molar-refractivity contribution in [3.8, 4) is 0 Å². The minimum absolute atomic E-state index is 0.00137. The first-order valence-electron chi connectivity index (χ1n) is 8.27. The van der Waals surface area contributed by atoms with Gasteiger partial charge in [-0.05, 0) is 44.5 Å². The molecule has 1 aromatic heterocycles. The van der Waals surface area contributed by atoms with Crippen molar-refractivity contribution in [3.05, 3.63) is 35.7 Å². The van der Waals surface area contributed by atoms with Crippen LogP contribution in [0.4, 0.5) is 0 Å². The minimum Gasteiger partial charge on any atom is -0.292 e. The third kappa shape index (κ3) is 2.14. The Bertz CT molecular complexity index is 699. The summed E-state index contributed by atoms with van der Waals surface area (Å²) in [6.45, 7) is 2.94. The number of aryl methyl sites for hydroxylation is 1. The van der Waals surface area contributed by atoms with Crippen LogP contribution in [-0.4, -0.2) is 52.3 Å². The normalized spacial score (nSPS) is 33.7. The van der Waals surface area contributed by atoms with Crippen molar-refractivity contribution >= 4 is 17.9 Å². The first-order valence-corrected chi connectivity index (χ1v) is 8.27. The molecule has 3 fully saturated rings. The molecule has 0 aliphatic carbocycles. The lowest BCUT2D eigenvalue weighted by atomic mass is 9.87. The smallest absolute Gasteiger partial charge is 0.234 e. The Hall–Kier alpha value is -2.01. The van der Waals surface area contributed by atoms with E-state index in [1.165, 1.54) is 4.90 Å². The molecular formula is C18H21N3O2. The molecule has 2 amide bonds. The third-order valence-electron chi connectivity index (χ3n) is 5.50. The highest BCUT2D eigenvalue weighted by molar-refractivity contribution is 6.06. The molecule has 4 atom stereocenters. The SMILES string of the molecule is Cc1cccc(/C=C/C2C3C(=O)N(C)C(=O)C3C3CCCN23)n1. The monoisotopic (exact) mass is 311 g/mol. The van der Waals surface area contributed by atoms with Crippen molar-refractivity contribution in [2.75, 3.05) is 13.6 Å². The molecule has 4 unspecified atom stereocenters. The summed E-state index contributed by atoms with van der Waals surface area (Å²) < 4.78 is 0. The van der Waals surface area contributed by atoms with Crippen LogP contribution in [0.3, 0.4) is 0 Å². The van der Waals surface area contributed by atoms with Gasteiger partial charge in [-0.1, -0.05) is 12.1 Å².